The van der Waals surface area contributed by atoms with E-state index in [1.54, 1.807) is 18.2 Å². The number of carboxylic acid groups (broad SMARTS) is 1. The van der Waals surface area contributed by atoms with Crippen molar-refractivity contribution in [1.29, 1.82) is 0 Å². The van der Waals surface area contributed by atoms with Gasteiger partial charge in [-0.1, -0.05) is 18.2 Å². The molecule has 130 valence electrons. The number of nitrogens with one attached hydrogen (secondary N) is 1. The van der Waals surface area contributed by atoms with Crippen LogP contribution in [0, 0.1) is 0 Å². The molecule has 1 heterocycles. The van der Waals surface area contributed by atoms with Gasteiger partial charge >= 0.3 is 5.97 Å². The summed E-state index contributed by atoms with van der Waals surface area (Å²) >= 11 is 4.51. The highest BCUT2D eigenvalue weighted by Gasteiger charge is 2.44. The Kier molecular flexibility index (Phi) is 6.91. The largest absolute Gasteiger partial charge is 0.480 e. The lowest BCUT2D eigenvalue weighted by atomic mass is 9.89. The van der Waals surface area contributed by atoms with Gasteiger partial charge in [-0.25, -0.2) is 8.42 Å². The number of rotatable bonds is 5. The molecule has 1 aromatic carbocycles. The van der Waals surface area contributed by atoms with Crippen LogP contribution in [0.25, 0.3) is 0 Å². The van der Waals surface area contributed by atoms with Crippen LogP contribution in [0.3, 0.4) is 0 Å². The van der Waals surface area contributed by atoms with Crippen LogP contribution in [0.5, 0.6) is 0 Å². The van der Waals surface area contributed by atoms with E-state index in [9.17, 15) is 18.3 Å². The van der Waals surface area contributed by atoms with Crippen molar-refractivity contribution in [3.63, 3.8) is 0 Å². The number of carboxylic acids is 1. The molecule has 9 heteroatoms. The van der Waals surface area contributed by atoms with Crippen LogP contribution in [0.15, 0.2) is 35.2 Å². The second-order valence-electron chi connectivity index (χ2n) is 5.61. The molecule has 0 aliphatic carbocycles. The lowest BCUT2D eigenvalue weighted by Gasteiger charge is -2.40. The minimum absolute atomic E-state index is 0. The summed E-state index contributed by atoms with van der Waals surface area (Å²) in [6, 6.07) is 6.48. The number of sulfonamides is 1. The van der Waals surface area contributed by atoms with Gasteiger partial charge in [-0.3, -0.25) is 4.79 Å². The minimum Gasteiger partial charge on any atom is -0.480 e. The third-order valence-electron chi connectivity index (χ3n) is 3.96. The fourth-order valence-electron chi connectivity index (χ4n) is 2.51. The first-order chi connectivity index (χ1) is 10.2. The fourth-order valence-corrected chi connectivity index (χ4v) is 4.26. The predicted molar refractivity (Wildman–Crippen MR) is 93.9 cm³/mol. The van der Waals surface area contributed by atoms with E-state index in [1.807, 2.05) is 7.05 Å². The molecule has 2 N–H and O–H groups in total. The number of carbonyl (C=O) groups is 1. The van der Waals surface area contributed by atoms with Gasteiger partial charge in [0.05, 0.1) is 4.90 Å². The highest BCUT2D eigenvalue weighted by molar-refractivity contribution is 7.89. The average molecular weight is 381 g/mol. The highest BCUT2D eigenvalue weighted by atomic mass is 35.5. The number of thiol groups is 1. The zero-order valence-electron chi connectivity index (χ0n) is 12.7. The summed E-state index contributed by atoms with van der Waals surface area (Å²) in [7, 11) is -1.96. The molecule has 0 aromatic heterocycles. The maximum atomic E-state index is 12.4. The Labute approximate surface area is 148 Å². The Morgan fingerprint density at radius 1 is 1.30 bits per heavy atom. The van der Waals surface area contributed by atoms with E-state index < -0.39 is 26.8 Å². The SMILES string of the molecule is CN1CCC(S)([C@H](NS(=O)(=O)c2ccccc2)C(=O)O)CC1.Cl. The number of likely N-dealkylation sites (tertiary alicyclic amines) is 1. The van der Waals surface area contributed by atoms with Gasteiger partial charge in [0.15, 0.2) is 0 Å². The molecule has 0 unspecified atom stereocenters. The summed E-state index contributed by atoms with van der Waals surface area (Å²) in [5.74, 6) is -1.21. The van der Waals surface area contributed by atoms with Gasteiger partial charge in [0.1, 0.15) is 6.04 Å². The molecule has 0 saturated carbocycles. The van der Waals surface area contributed by atoms with E-state index in [2.05, 4.69) is 22.3 Å². The van der Waals surface area contributed by atoms with Crippen molar-refractivity contribution >= 4 is 41.0 Å². The minimum atomic E-state index is -3.90. The lowest BCUT2D eigenvalue weighted by molar-refractivity contribution is -0.140. The standard InChI is InChI=1S/C14H20N2O4S2.ClH/c1-16-9-7-14(21,8-10-16)12(13(17)18)15-22(19,20)11-5-3-2-4-6-11;/h2-6,12,15,21H,7-10H2,1H3,(H,17,18);1H/t12-;/m1./s1. The molecule has 1 atom stereocenters. The third kappa shape index (κ3) is 4.84. The monoisotopic (exact) mass is 380 g/mol. The van der Waals surface area contributed by atoms with Crippen LogP contribution in [0.1, 0.15) is 12.8 Å². The van der Waals surface area contributed by atoms with Gasteiger partial charge in [0.25, 0.3) is 0 Å². The molecule has 6 nitrogen and oxygen atoms in total. The van der Waals surface area contributed by atoms with E-state index >= 15 is 0 Å². The topological polar surface area (TPSA) is 86.7 Å². The molecule has 1 aromatic rings. The number of hydrogen-bond acceptors (Lipinski definition) is 5. The molecule has 2 rings (SSSR count). The number of hydrogen-bond donors (Lipinski definition) is 3. The van der Waals surface area contributed by atoms with Crippen molar-refractivity contribution in [3.05, 3.63) is 30.3 Å². The predicted octanol–water partition coefficient (Wildman–Crippen LogP) is 1.23. The maximum absolute atomic E-state index is 12.4. The molecular weight excluding hydrogens is 360 g/mol. The zero-order chi connectivity index (χ0) is 16.4. The first kappa shape index (κ1) is 20.2. The van der Waals surface area contributed by atoms with Crippen LogP contribution in [-0.2, 0) is 14.8 Å². The molecule has 1 aliphatic heterocycles. The molecule has 0 bridgehead atoms. The van der Waals surface area contributed by atoms with Gasteiger partial charge in [-0.2, -0.15) is 17.4 Å². The maximum Gasteiger partial charge on any atom is 0.323 e. The lowest BCUT2D eigenvalue weighted by Crippen LogP contribution is -2.57. The Morgan fingerprint density at radius 3 is 2.30 bits per heavy atom. The van der Waals surface area contributed by atoms with Crippen LogP contribution in [-0.4, -0.2) is 55.3 Å². The van der Waals surface area contributed by atoms with E-state index in [-0.39, 0.29) is 17.3 Å². The van der Waals surface area contributed by atoms with E-state index in [4.69, 9.17) is 0 Å². The summed E-state index contributed by atoms with van der Waals surface area (Å²) in [6.07, 6.45) is 1.00. The number of halogens is 1. The highest BCUT2D eigenvalue weighted by Crippen LogP contribution is 2.33. The number of aliphatic carboxylic acids is 1. The van der Waals surface area contributed by atoms with E-state index in [1.165, 1.54) is 12.1 Å². The molecule has 1 saturated heterocycles. The summed E-state index contributed by atoms with van der Waals surface area (Å²) in [5.41, 5.74) is 0. The first-order valence-corrected chi connectivity index (χ1v) is 8.89. The molecule has 23 heavy (non-hydrogen) atoms. The second-order valence-corrected chi connectivity index (χ2v) is 8.22. The number of piperidine rings is 1. The van der Waals surface area contributed by atoms with Crippen molar-refractivity contribution in [2.24, 2.45) is 0 Å². The van der Waals surface area contributed by atoms with Crippen LogP contribution in [0.2, 0.25) is 0 Å². The second kappa shape index (κ2) is 7.85. The van der Waals surface area contributed by atoms with Crippen molar-refractivity contribution < 1.29 is 18.3 Å². The van der Waals surface area contributed by atoms with Crippen molar-refractivity contribution in [2.75, 3.05) is 20.1 Å². The van der Waals surface area contributed by atoms with Gasteiger partial charge in [0.2, 0.25) is 10.0 Å². The molecule has 0 radical (unpaired) electrons. The molecule has 0 amide bonds. The number of benzene rings is 1. The van der Waals surface area contributed by atoms with Gasteiger partial charge < -0.3 is 10.0 Å². The van der Waals surface area contributed by atoms with Gasteiger partial charge in [0, 0.05) is 4.75 Å². The van der Waals surface area contributed by atoms with Crippen molar-refractivity contribution in [3.8, 4) is 0 Å². The van der Waals surface area contributed by atoms with Crippen LogP contribution < -0.4 is 4.72 Å². The molecule has 1 aliphatic rings. The normalized spacial score (nSPS) is 19.6. The van der Waals surface area contributed by atoms with Crippen molar-refractivity contribution in [2.45, 2.75) is 28.5 Å². The van der Waals surface area contributed by atoms with E-state index in [0.29, 0.717) is 25.9 Å². The van der Waals surface area contributed by atoms with Gasteiger partial charge in [-0.15, -0.1) is 12.4 Å². The number of nitrogens with zero attached hydrogens (tertiary/aromatic N) is 1. The Balaban J connectivity index is 0.00000264. The van der Waals surface area contributed by atoms with Gasteiger partial charge in [-0.05, 0) is 45.1 Å². The summed E-state index contributed by atoms with van der Waals surface area (Å²) in [4.78, 5) is 13.7. The summed E-state index contributed by atoms with van der Waals surface area (Å²) < 4.78 is 26.2. The summed E-state index contributed by atoms with van der Waals surface area (Å²) in [5, 5.41) is 9.48. The fraction of sp³-hybridized carbons (Fsp3) is 0.500. The molecule has 0 spiro atoms. The van der Waals surface area contributed by atoms with Crippen LogP contribution in [0.4, 0.5) is 0 Å². The van der Waals surface area contributed by atoms with Crippen LogP contribution >= 0.6 is 25.0 Å². The Bertz CT molecular complexity index is 631. The summed E-state index contributed by atoms with van der Waals surface area (Å²) in [6.45, 7) is 1.36. The molecular formula is C14H21ClN2O4S2. The Morgan fingerprint density at radius 2 is 1.83 bits per heavy atom. The van der Waals surface area contributed by atoms with E-state index in [0.717, 1.165) is 0 Å². The zero-order valence-corrected chi connectivity index (χ0v) is 15.2. The first-order valence-electron chi connectivity index (χ1n) is 6.96. The quantitative estimate of drug-likeness (QED) is 0.669. The smallest absolute Gasteiger partial charge is 0.323 e. The molecule has 1 fully saturated rings. The Hall–Kier alpha value is -0.800. The van der Waals surface area contributed by atoms with Crippen molar-refractivity contribution in [1.82, 2.24) is 9.62 Å². The average Bonchev–Trinajstić information content (AvgIpc) is 2.49. The third-order valence-corrected chi connectivity index (χ3v) is 6.11.